The van der Waals surface area contributed by atoms with Crippen LogP contribution in [0.5, 0.6) is 11.5 Å². The van der Waals surface area contributed by atoms with Crippen LogP contribution in [0.25, 0.3) is 0 Å². The average Bonchev–Trinajstić information content (AvgIpc) is 2.54. The van der Waals surface area contributed by atoms with E-state index in [2.05, 4.69) is 5.32 Å². The Hall–Kier alpha value is -2.76. The number of methoxy groups -OCH3 is 2. The van der Waals surface area contributed by atoms with Gasteiger partial charge in [0.05, 0.1) is 14.2 Å². The van der Waals surface area contributed by atoms with Gasteiger partial charge in [-0.15, -0.1) is 0 Å². The molecule has 0 aliphatic rings. The van der Waals surface area contributed by atoms with Gasteiger partial charge in [0.25, 0.3) is 5.91 Å². The summed E-state index contributed by atoms with van der Waals surface area (Å²) < 4.78 is 15.0. The van der Waals surface area contributed by atoms with Crippen molar-refractivity contribution in [1.82, 2.24) is 5.32 Å². The molecule has 0 spiro atoms. The van der Waals surface area contributed by atoms with E-state index >= 15 is 0 Å². The van der Waals surface area contributed by atoms with Gasteiger partial charge < -0.3 is 19.2 Å². The number of ether oxygens (including phenoxy) is 2. The Kier molecular flexibility index (Phi) is 5.19. The lowest BCUT2D eigenvalue weighted by Gasteiger charge is -2.06. The van der Waals surface area contributed by atoms with Crippen molar-refractivity contribution in [3.05, 3.63) is 58.1 Å². The van der Waals surface area contributed by atoms with Gasteiger partial charge in [-0.05, 0) is 24.1 Å². The molecule has 0 aliphatic heterocycles. The molecule has 1 heterocycles. The van der Waals surface area contributed by atoms with Crippen molar-refractivity contribution in [2.45, 2.75) is 6.42 Å². The number of carbonyl (C=O) groups is 1. The number of amides is 1. The Morgan fingerprint density at radius 2 is 2.05 bits per heavy atom. The topological polar surface area (TPSA) is 77.8 Å². The lowest BCUT2D eigenvalue weighted by molar-refractivity contribution is 0.0923. The molecule has 0 aliphatic carbocycles. The largest absolute Gasteiger partial charge is 0.497 e. The molecule has 1 amide bonds. The molecule has 1 N–H and O–H groups in total. The molecule has 1 aromatic carbocycles. The average molecular weight is 303 g/mol. The summed E-state index contributed by atoms with van der Waals surface area (Å²) in [7, 11) is 2.96. The van der Waals surface area contributed by atoms with E-state index in [0.717, 1.165) is 23.6 Å². The first-order chi connectivity index (χ1) is 10.6. The second kappa shape index (κ2) is 7.31. The quantitative estimate of drug-likeness (QED) is 0.877. The fraction of sp³-hybridized carbons (Fsp3) is 0.250. The molecule has 6 heteroatoms. The van der Waals surface area contributed by atoms with Gasteiger partial charge in [-0.25, -0.2) is 0 Å². The van der Waals surface area contributed by atoms with E-state index < -0.39 is 11.3 Å². The molecule has 2 rings (SSSR count). The summed E-state index contributed by atoms with van der Waals surface area (Å²) in [6.07, 6.45) is 1.77. The Labute approximate surface area is 127 Å². The zero-order valence-corrected chi connectivity index (χ0v) is 12.4. The molecule has 0 radical (unpaired) electrons. The SMILES string of the molecule is COc1cccc(CCNC(=O)c2cc(=O)c(OC)co2)c1. The highest BCUT2D eigenvalue weighted by atomic mass is 16.5. The monoisotopic (exact) mass is 303 g/mol. The van der Waals surface area contributed by atoms with Gasteiger partial charge in [0.1, 0.15) is 12.0 Å². The molecule has 0 bridgehead atoms. The van der Waals surface area contributed by atoms with Crippen LogP contribution in [0, 0.1) is 0 Å². The van der Waals surface area contributed by atoms with E-state index in [0.29, 0.717) is 13.0 Å². The lowest BCUT2D eigenvalue weighted by atomic mass is 10.1. The van der Waals surface area contributed by atoms with Crippen LogP contribution in [-0.4, -0.2) is 26.7 Å². The lowest BCUT2D eigenvalue weighted by Crippen LogP contribution is -2.26. The van der Waals surface area contributed by atoms with Gasteiger partial charge >= 0.3 is 0 Å². The van der Waals surface area contributed by atoms with Crippen LogP contribution in [0.2, 0.25) is 0 Å². The Balaban J connectivity index is 1.92. The fourth-order valence-electron chi connectivity index (χ4n) is 1.90. The molecular weight excluding hydrogens is 286 g/mol. The van der Waals surface area contributed by atoms with E-state index in [9.17, 15) is 9.59 Å². The maximum absolute atomic E-state index is 11.9. The van der Waals surface area contributed by atoms with Crippen molar-refractivity contribution in [2.24, 2.45) is 0 Å². The third-order valence-electron chi connectivity index (χ3n) is 3.08. The summed E-state index contributed by atoms with van der Waals surface area (Å²) in [4.78, 5) is 23.5. The summed E-state index contributed by atoms with van der Waals surface area (Å²) in [5, 5.41) is 2.70. The smallest absolute Gasteiger partial charge is 0.287 e. The van der Waals surface area contributed by atoms with Crippen LogP contribution in [0.3, 0.4) is 0 Å². The predicted molar refractivity (Wildman–Crippen MR) is 80.6 cm³/mol. The molecule has 0 saturated carbocycles. The van der Waals surface area contributed by atoms with Gasteiger partial charge in [0.15, 0.2) is 5.76 Å². The number of benzene rings is 1. The molecule has 22 heavy (non-hydrogen) atoms. The van der Waals surface area contributed by atoms with Crippen LogP contribution in [0.15, 0.2) is 45.8 Å². The zero-order valence-electron chi connectivity index (χ0n) is 12.4. The van der Waals surface area contributed by atoms with Crippen LogP contribution < -0.4 is 20.2 Å². The van der Waals surface area contributed by atoms with Gasteiger partial charge in [0.2, 0.25) is 11.2 Å². The summed E-state index contributed by atoms with van der Waals surface area (Å²) in [6, 6.07) is 8.70. The number of carbonyl (C=O) groups excluding carboxylic acids is 1. The van der Waals surface area contributed by atoms with Crippen molar-refractivity contribution in [3.8, 4) is 11.5 Å². The molecule has 1 aromatic heterocycles. The van der Waals surface area contributed by atoms with Crippen molar-refractivity contribution in [2.75, 3.05) is 20.8 Å². The van der Waals surface area contributed by atoms with Gasteiger partial charge in [-0.3, -0.25) is 9.59 Å². The van der Waals surface area contributed by atoms with Crippen molar-refractivity contribution >= 4 is 5.91 Å². The third kappa shape index (κ3) is 3.88. The minimum Gasteiger partial charge on any atom is -0.497 e. The third-order valence-corrected chi connectivity index (χ3v) is 3.08. The van der Waals surface area contributed by atoms with E-state index in [1.54, 1.807) is 7.11 Å². The molecule has 6 nitrogen and oxygen atoms in total. The van der Waals surface area contributed by atoms with Gasteiger partial charge in [0, 0.05) is 12.6 Å². The maximum atomic E-state index is 11.9. The van der Waals surface area contributed by atoms with Crippen LogP contribution in [0.4, 0.5) is 0 Å². The highest BCUT2D eigenvalue weighted by molar-refractivity contribution is 5.91. The molecule has 116 valence electrons. The molecule has 0 unspecified atom stereocenters. The number of nitrogens with one attached hydrogen (secondary N) is 1. The van der Waals surface area contributed by atoms with Crippen molar-refractivity contribution < 1.29 is 18.7 Å². The van der Waals surface area contributed by atoms with Crippen LogP contribution in [-0.2, 0) is 6.42 Å². The Bertz CT molecular complexity index is 708. The second-order valence-electron chi connectivity index (χ2n) is 4.53. The Morgan fingerprint density at radius 1 is 1.23 bits per heavy atom. The number of rotatable bonds is 6. The Morgan fingerprint density at radius 3 is 2.73 bits per heavy atom. The zero-order chi connectivity index (χ0) is 15.9. The first-order valence-corrected chi connectivity index (χ1v) is 6.72. The first-order valence-electron chi connectivity index (χ1n) is 6.72. The normalized spacial score (nSPS) is 10.1. The molecule has 0 fully saturated rings. The summed E-state index contributed by atoms with van der Waals surface area (Å²) in [6.45, 7) is 0.418. The van der Waals surface area contributed by atoms with Crippen LogP contribution >= 0.6 is 0 Å². The van der Waals surface area contributed by atoms with E-state index in [1.807, 2.05) is 24.3 Å². The van der Waals surface area contributed by atoms with Gasteiger partial charge in [-0.2, -0.15) is 0 Å². The van der Waals surface area contributed by atoms with Crippen LogP contribution in [0.1, 0.15) is 16.1 Å². The molecule has 0 saturated heterocycles. The highest BCUT2D eigenvalue weighted by Gasteiger charge is 2.11. The fourth-order valence-corrected chi connectivity index (χ4v) is 1.90. The summed E-state index contributed by atoms with van der Waals surface area (Å²) >= 11 is 0. The van der Waals surface area contributed by atoms with Crippen molar-refractivity contribution in [3.63, 3.8) is 0 Å². The predicted octanol–water partition coefficient (Wildman–Crippen LogP) is 1.63. The standard InChI is InChI=1S/C16H17NO5/c1-20-12-5-3-4-11(8-12)6-7-17-16(19)14-9-13(18)15(21-2)10-22-14/h3-5,8-10H,6-7H2,1-2H3,(H,17,19). The number of hydrogen-bond acceptors (Lipinski definition) is 5. The summed E-state index contributed by atoms with van der Waals surface area (Å²) in [5.74, 6) is 0.344. The highest BCUT2D eigenvalue weighted by Crippen LogP contribution is 2.12. The minimum atomic E-state index is -0.442. The van der Waals surface area contributed by atoms with E-state index in [-0.39, 0.29) is 11.5 Å². The molecule has 2 aromatic rings. The molecular formula is C16H17NO5. The maximum Gasteiger partial charge on any atom is 0.287 e. The summed E-state index contributed by atoms with van der Waals surface area (Å²) in [5.41, 5.74) is 0.641. The van der Waals surface area contributed by atoms with E-state index in [1.165, 1.54) is 7.11 Å². The number of hydrogen-bond donors (Lipinski definition) is 1. The minimum absolute atomic E-state index is 0.0450. The van der Waals surface area contributed by atoms with Gasteiger partial charge in [-0.1, -0.05) is 12.1 Å². The van der Waals surface area contributed by atoms with Crippen molar-refractivity contribution in [1.29, 1.82) is 0 Å². The molecule has 0 atom stereocenters. The second-order valence-corrected chi connectivity index (χ2v) is 4.53. The first kappa shape index (κ1) is 15.6. The van der Waals surface area contributed by atoms with E-state index in [4.69, 9.17) is 13.9 Å².